The van der Waals surface area contributed by atoms with Crippen LogP contribution in [0.4, 0.5) is 0 Å². The first kappa shape index (κ1) is 15.5. The third-order valence-corrected chi connectivity index (χ3v) is 3.78. The van der Waals surface area contributed by atoms with Crippen molar-refractivity contribution < 1.29 is 14.6 Å². The van der Waals surface area contributed by atoms with Crippen LogP contribution in [0.1, 0.15) is 17.0 Å². The van der Waals surface area contributed by atoms with E-state index in [1.54, 1.807) is 18.2 Å². The van der Waals surface area contributed by atoms with Gasteiger partial charge < -0.3 is 20.3 Å². The number of rotatable bonds is 4. The largest absolute Gasteiger partial charge is 0.508 e. The molecule has 0 fully saturated rings. The molecule has 1 aliphatic rings. The van der Waals surface area contributed by atoms with E-state index in [1.165, 1.54) is 6.07 Å². The molecule has 24 heavy (non-hydrogen) atoms. The average Bonchev–Trinajstić information content (AvgIpc) is 2.59. The van der Waals surface area contributed by atoms with E-state index < -0.39 is 0 Å². The fourth-order valence-electron chi connectivity index (χ4n) is 2.70. The Kier molecular flexibility index (Phi) is 4.13. The molecule has 0 saturated heterocycles. The quantitative estimate of drug-likeness (QED) is 0.845. The van der Waals surface area contributed by atoms with Crippen LogP contribution in [0.5, 0.6) is 17.2 Å². The van der Waals surface area contributed by atoms with E-state index in [9.17, 15) is 10.4 Å². The highest BCUT2D eigenvalue weighted by Gasteiger charge is 2.30. The number of fused-ring (bicyclic) bond motifs is 1. The van der Waals surface area contributed by atoms with Crippen LogP contribution in [0.2, 0.25) is 0 Å². The lowest BCUT2D eigenvalue weighted by molar-refractivity contribution is 0.363. The van der Waals surface area contributed by atoms with Crippen LogP contribution < -0.4 is 15.2 Å². The number of nitrogens with two attached hydrogens (primary N) is 1. The Bertz CT molecular complexity index is 848. The second-order valence-electron chi connectivity index (χ2n) is 5.32. The summed E-state index contributed by atoms with van der Waals surface area (Å²) in [5, 5.41) is 19.1. The topological polar surface area (TPSA) is 88.5 Å². The highest BCUT2D eigenvalue weighted by molar-refractivity contribution is 5.57. The van der Waals surface area contributed by atoms with Gasteiger partial charge in [0.2, 0.25) is 5.88 Å². The molecule has 1 heterocycles. The molecular formula is C19H16N2O3. The molecule has 1 aliphatic heterocycles. The number of hydrogen-bond donors (Lipinski definition) is 2. The van der Waals surface area contributed by atoms with E-state index in [2.05, 4.69) is 12.6 Å². The van der Waals surface area contributed by atoms with Gasteiger partial charge >= 0.3 is 0 Å². The monoisotopic (exact) mass is 320 g/mol. The van der Waals surface area contributed by atoms with Gasteiger partial charge in [0.25, 0.3) is 0 Å². The number of benzene rings is 2. The van der Waals surface area contributed by atoms with Crippen molar-refractivity contribution in [1.82, 2.24) is 0 Å². The number of hydrogen-bond acceptors (Lipinski definition) is 5. The molecule has 0 aromatic heterocycles. The molecule has 120 valence electrons. The van der Waals surface area contributed by atoms with Crippen molar-refractivity contribution >= 4 is 0 Å². The molecule has 0 unspecified atom stereocenters. The van der Waals surface area contributed by atoms with E-state index >= 15 is 0 Å². The predicted molar refractivity (Wildman–Crippen MR) is 89.5 cm³/mol. The number of nitriles is 1. The summed E-state index contributed by atoms with van der Waals surface area (Å²) in [6.07, 6.45) is 1.67. The summed E-state index contributed by atoms with van der Waals surface area (Å²) >= 11 is 0. The molecule has 2 aromatic carbocycles. The predicted octanol–water partition coefficient (Wildman–Crippen LogP) is 3.18. The van der Waals surface area contributed by atoms with E-state index in [0.29, 0.717) is 23.7 Å². The second kappa shape index (κ2) is 6.39. The Morgan fingerprint density at radius 2 is 2.04 bits per heavy atom. The third kappa shape index (κ3) is 2.77. The van der Waals surface area contributed by atoms with Crippen LogP contribution in [-0.2, 0) is 0 Å². The number of aromatic hydroxyl groups is 1. The Morgan fingerprint density at radius 1 is 1.29 bits per heavy atom. The summed E-state index contributed by atoms with van der Waals surface area (Å²) in [7, 11) is 0. The summed E-state index contributed by atoms with van der Waals surface area (Å²) in [4.78, 5) is 0. The Balaban J connectivity index is 2.04. The molecule has 3 N–H and O–H groups in total. The fraction of sp³-hybridized carbons (Fsp3) is 0.105. The normalized spacial score (nSPS) is 15.9. The van der Waals surface area contributed by atoms with Crippen LogP contribution in [0, 0.1) is 11.3 Å². The standard InChI is InChI=1S/C19H16N2O3/c1-2-9-23-14-6-3-12(4-7-14)18-15-8-5-13(22)10-17(15)24-19(21)16(18)11-20/h2-8,10,18,22H,1,9,21H2/t18-/m0/s1. The zero-order chi connectivity index (χ0) is 17.1. The van der Waals surface area contributed by atoms with Gasteiger partial charge in [0.15, 0.2) is 0 Å². The maximum Gasteiger partial charge on any atom is 0.205 e. The van der Waals surface area contributed by atoms with Gasteiger partial charge in [-0.25, -0.2) is 0 Å². The van der Waals surface area contributed by atoms with E-state index in [0.717, 1.165) is 11.1 Å². The Morgan fingerprint density at radius 3 is 2.71 bits per heavy atom. The van der Waals surface area contributed by atoms with E-state index in [1.807, 2.05) is 24.3 Å². The van der Waals surface area contributed by atoms with Crippen molar-refractivity contribution in [3.8, 4) is 23.3 Å². The highest BCUT2D eigenvalue weighted by Crippen LogP contribution is 2.43. The minimum atomic E-state index is -0.354. The Hall–Kier alpha value is -3.39. The van der Waals surface area contributed by atoms with Gasteiger partial charge in [0, 0.05) is 11.6 Å². The number of ether oxygens (including phenoxy) is 2. The zero-order valence-electron chi connectivity index (χ0n) is 12.9. The van der Waals surface area contributed by atoms with Crippen molar-refractivity contribution in [2.45, 2.75) is 5.92 Å². The van der Waals surface area contributed by atoms with Gasteiger partial charge in [-0.3, -0.25) is 0 Å². The molecule has 2 aromatic rings. The first-order chi connectivity index (χ1) is 11.6. The summed E-state index contributed by atoms with van der Waals surface area (Å²) < 4.78 is 11.0. The van der Waals surface area contributed by atoms with Crippen LogP contribution in [0.25, 0.3) is 0 Å². The first-order valence-electron chi connectivity index (χ1n) is 7.38. The number of allylic oxidation sites excluding steroid dienone is 1. The minimum Gasteiger partial charge on any atom is -0.508 e. The zero-order valence-corrected chi connectivity index (χ0v) is 12.9. The van der Waals surface area contributed by atoms with Crippen LogP contribution in [0.3, 0.4) is 0 Å². The van der Waals surface area contributed by atoms with Crippen molar-refractivity contribution in [1.29, 1.82) is 5.26 Å². The van der Waals surface area contributed by atoms with Crippen LogP contribution in [-0.4, -0.2) is 11.7 Å². The minimum absolute atomic E-state index is 0.0487. The van der Waals surface area contributed by atoms with Gasteiger partial charge in [-0.05, 0) is 23.8 Å². The third-order valence-electron chi connectivity index (χ3n) is 3.78. The lowest BCUT2D eigenvalue weighted by atomic mass is 9.83. The van der Waals surface area contributed by atoms with E-state index in [-0.39, 0.29) is 17.6 Å². The SMILES string of the molecule is C=CCOc1ccc([C@@H]2C(C#N)=C(N)Oc3cc(O)ccc32)cc1. The molecule has 5 heteroatoms. The average molecular weight is 320 g/mol. The summed E-state index contributed by atoms with van der Waals surface area (Å²) in [6, 6.07) is 14.4. The summed E-state index contributed by atoms with van der Waals surface area (Å²) in [6.45, 7) is 4.04. The lowest BCUT2D eigenvalue weighted by Crippen LogP contribution is -2.20. The van der Waals surface area contributed by atoms with Crippen LogP contribution >= 0.6 is 0 Å². The Labute approximate surface area is 139 Å². The van der Waals surface area contributed by atoms with Gasteiger partial charge in [-0.1, -0.05) is 30.9 Å². The molecule has 0 bridgehead atoms. The smallest absolute Gasteiger partial charge is 0.205 e. The van der Waals surface area contributed by atoms with E-state index in [4.69, 9.17) is 15.2 Å². The van der Waals surface area contributed by atoms with Crippen molar-refractivity contribution in [2.24, 2.45) is 5.73 Å². The van der Waals surface area contributed by atoms with Gasteiger partial charge in [-0.2, -0.15) is 5.26 Å². The molecule has 5 nitrogen and oxygen atoms in total. The van der Waals surface area contributed by atoms with Gasteiger partial charge in [0.05, 0.1) is 5.92 Å². The second-order valence-corrected chi connectivity index (χ2v) is 5.32. The van der Waals surface area contributed by atoms with Crippen molar-refractivity contribution in [3.63, 3.8) is 0 Å². The number of nitrogens with zero attached hydrogens (tertiary/aromatic N) is 1. The summed E-state index contributed by atoms with van der Waals surface area (Å²) in [5.74, 6) is 0.935. The molecule has 0 amide bonds. The molecule has 0 aliphatic carbocycles. The molecule has 3 rings (SSSR count). The van der Waals surface area contributed by atoms with Gasteiger partial charge in [0.1, 0.15) is 35.5 Å². The van der Waals surface area contributed by atoms with Gasteiger partial charge in [-0.15, -0.1) is 0 Å². The number of phenolic OH excluding ortho intramolecular Hbond substituents is 1. The maximum absolute atomic E-state index is 9.65. The highest BCUT2D eigenvalue weighted by atomic mass is 16.5. The molecule has 0 radical (unpaired) electrons. The fourth-order valence-corrected chi connectivity index (χ4v) is 2.70. The molecule has 0 saturated carbocycles. The number of phenols is 1. The molecular weight excluding hydrogens is 304 g/mol. The van der Waals surface area contributed by atoms with Crippen molar-refractivity contribution in [2.75, 3.05) is 6.61 Å². The summed E-state index contributed by atoms with van der Waals surface area (Å²) in [5.41, 5.74) is 7.90. The molecule has 0 spiro atoms. The lowest BCUT2D eigenvalue weighted by Gasteiger charge is -2.26. The first-order valence-corrected chi connectivity index (χ1v) is 7.38. The van der Waals surface area contributed by atoms with Crippen molar-refractivity contribution in [3.05, 3.63) is 77.7 Å². The van der Waals surface area contributed by atoms with Crippen LogP contribution in [0.15, 0.2) is 66.6 Å². The maximum atomic E-state index is 9.65. The molecule has 1 atom stereocenters.